The van der Waals surface area contributed by atoms with E-state index in [0.717, 1.165) is 6.07 Å². The van der Waals surface area contributed by atoms with Crippen molar-refractivity contribution < 1.29 is 27.4 Å². The van der Waals surface area contributed by atoms with Crippen molar-refractivity contribution in [3.63, 3.8) is 0 Å². The molecular formula is C13H13FN2O5S. The number of carbonyl (C=O) groups is 1. The lowest BCUT2D eigenvalue weighted by Crippen LogP contribution is -2.43. The average molecular weight is 328 g/mol. The topological polar surface area (TPSA) is 108 Å². The van der Waals surface area contributed by atoms with Crippen LogP contribution in [0.1, 0.15) is 6.42 Å². The van der Waals surface area contributed by atoms with Gasteiger partial charge in [0.25, 0.3) is 0 Å². The van der Waals surface area contributed by atoms with Gasteiger partial charge in [0.1, 0.15) is 10.7 Å². The van der Waals surface area contributed by atoms with E-state index < -0.39 is 34.0 Å². The Hall–Kier alpha value is -1.97. The number of hydrogen-bond donors (Lipinski definition) is 3. The molecule has 2 heterocycles. The van der Waals surface area contributed by atoms with Gasteiger partial charge in [-0.3, -0.25) is 0 Å². The molecule has 2 atom stereocenters. The fraction of sp³-hybridized carbons (Fsp3) is 0.308. The first kappa shape index (κ1) is 14.9. The molecule has 3 rings (SSSR count). The first-order valence-corrected chi connectivity index (χ1v) is 8.01. The lowest BCUT2D eigenvalue weighted by Gasteiger charge is -2.16. The van der Waals surface area contributed by atoms with Gasteiger partial charge in [-0.1, -0.05) is 6.07 Å². The number of fused-ring (bicyclic) bond motifs is 1. The van der Waals surface area contributed by atoms with Crippen LogP contribution in [0.25, 0.3) is 10.9 Å². The van der Waals surface area contributed by atoms with E-state index in [1.54, 1.807) is 6.07 Å². The molecule has 2 aromatic rings. The molecule has 0 unspecified atom stereocenters. The molecule has 0 radical (unpaired) electrons. The number of aromatic nitrogens is 1. The van der Waals surface area contributed by atoms with Gasteiger partial charge in [-0.05, 0) is 18.6 Å². The lowest BCUT2D eigenvalue weighted by molar-refractivity contribution is -0.147. The van der Waals surface area contributed by atoms with Crippen LogP contribution in [0.5, 0.6) is 0 Å². The van der Waals surface area contributed by atoms with Crippen LogP contribution in [0.4, 0.5) is 4.39 Å². The normalized spacial score (nSPS) is 22.2. The van der Waals surface area contributed by atoms with Crippen molar-refractivity contribution in [1.29, 1.82) is 0 Å². The third kappa shape index (κ3) is 2.47. The molecule has 1 aromatic carbocycles. The van der Waals surface area contributed by atoms with Gasteiger partial charge in [-0.25, -0.2) is 22.3 Å². The summed E-state index contributed by atoms with van der Waals surface area (Å²) in [7, 11) is -4.08. The second-order valence-corrected chi connectivity index (χ2v) is 6.64. The van der Waals surface area contributed by atoms with Crippen molar-refractivity contribution in [2.45, 2.75) is 23.5 Å². The van der Waals surface area contributed by atoms with Gasteiger partial charge < -0.3 is 14.8 Å². The quantitative estimate of drug-likeness (QED) is 0.770. The van der Waals surface area contributed by atoms with Crippen LogP contribution in [0.3, 0.4) is 0 Å². The molecule has 1 saturated heterocycles. The van der Waals surface area contributed by atoms with Crippen LogP contribution < -0.4 is 4.72 Å². The molecule has 22 heavy (non-hydrogen) atoms. The largest absolute Gasteiger partial charge is 0.479 e. The van der Waals surface area contributed by atoms with Gasteiger partial charge >= 0.3 is 5.97 Å². The van der Waals surface area contributed by atoms with E-state index in [0.29, 0.717) is 5.52 Å². The van der Waals surface area contributed by atoms with E-state index in [-0.39, 0.29) is 23.3 Å². The Morgan fingerprint density at radius 3 is 2.95 bits per heavy atom. The maximum atomic E-state index is 13.9. The summed E-state index contributed by atoms with van der Waals surface area (Å²) >= 11 is 0. The Morgan fingerprint density at radius 2 is 2.23 bits per heavy atom. The third-order valence-corrected chi connectivity index (χ3v) is 5.06. The maximum Gasteiger partial charge on any atom is 0.334 e. The van der Waals surface area contributed by atoms with Gasteiger partial charge in [0.2, 0.25) is 10.0 Å². The first-order valence-electron chi connectivity index (χ1n) is 6.52. The number of carboxylic acids is 1. The lowest BCUT2D eigenvalue weighted by atomic mass is 10.1. The zero-order valence-electron chi connectivity index (χ0n) is 11.2. The summed E-state index contributed by atoms with van der Waals surface area (Å²) < 4.78 is 46.1. The highest BCUT2D eigenvalue weighted by atomic mass is 32.2. The SMILES string of the molecule is O=C(O)[C@@H]1OCC[C@@H]1NS(=O)(=O)c1c[nH]c2cccc(F)c12. The zero-order valence-corrected chi connectivity index (χ0v) is 12.1. The molecule has 1 fully saturated rings. The third-order valence-electron chi connectivity index (χ3n) is 3.55. The molecule has 0 bridgehead atoms. The highest BCUT2D eigenvalue weighted by Crippen LogP contribution is 2.26. The summed E-state index contributed by atoms with van der Waals surface area (Å²) in [5, 5.41) is 8.95. The Kier molecular flexibility index (Phi) is 3.63. The van der Waals surface area contributed by atoms with E-state index in [1.807, 2.05) is 0 Å². The number of benzene rings is 1. The minimum Gasteiger partial charge on any atom is -0.479 e. The fourth-order valence-electron chi connectivity index (χ4n) is 2.54. The summed E-state index contributed by atoms with van der Waals surface area (Å²) in [4.78, 5) is 13.5. The van der Waals surface area contributed by atoms with E-state index in [9.17, 15) is 17.6 Å². The number of aromatic amines is 1. The van der Waals surface area contributed by atoms with Crippen LogP contribution in [-0.4, -0.2) is 43.2 Å². The number of aliphatic carboxylic acids is 1. The number of nitrogens with one attached hydrogen (secondary N) is 2. The molecule has 118 valence electrons. The van der Waals surface area contributed by atoms with Crippen molar-refractivity contribution in [1.82, 2.24) is 9.71 Å². The molecule has 1 aromatic heterocycles. The Labute approximate surface area is 125 Å². The van der Waals surface area contributed by atoms with Crippen LogP contribution in [0, 0.1) is 5.82 Å². The highest BCUT2D eigenvalue weighted by molar-refractivity contribution is 7.89. The second kappa shape index (κ2) is 5.34. The van der Waals surface area contributed by atoms with Crippen molar-refractivity contribution in [2.24, 2.45) is 0 Å². The Morgan fingerprint density at radius 1 is 1.45 bits per heavy atom. The number of ether oxygens (including phenoxy) is 1. The van der Waals surface area contributed by atoms with E-state index in [2.05, 4.69) is 9.71 Å². The van der Waals surface area contributed by atoms with Gasteiger partial charge in [-0.15, -0.1) is 0 Å². The van der Waals surface area contributed by atoms with Crippen LogP contribution in [0.2, 0.25) is 0 Å². The van der Waals surface area contributed by atoms with Gasteiger partial charge in [0.15, 0.2) is 6.10 Å². The van der Waals surface area contributed by atoms with E-state index >= 15 is 0 Å². The van der Waals surface area contributed by atoms with Crippen LogP contribution in [-0.2, 0) is 19.6 Å². The van der Waals surface area contributed by atoms with Gasteiger partial charge in [-0.2, -0.15) is 0 Å². The van der Waals surface area contributed by atoms with E-state index in [1.165, 1.54) is 12.3 Å². The smallest absolute Gasteiger partial charge is 0.334 e. The zero-order chi connectivity index (χ0) is 15.9. The molecule has 1 aliphatic heterocycles. The molecule has 0 aliphatic carbocycles. The van der Waals surface area contributed by atoms with Crippen molar-refractivity contribution >= 4 is 26.9 Å². The Balaban J connectivity index is 1.97. The molecular weight excluding hydrogens is 315 g/mol. The predicted octanol–water partition coefficient (Wildman–Crippen LogP) is 0.827. The monoisotopic (exact) mass is 328 g/mol. The molecule has 0 amide bonds. The molecule has 3 N–H and O–H groups in total. The molecule has 7 nitrogen and oxygen atoms in total. The number of sulfonamides is 1. The second-order valence-electron chi connectivity index (χ2n) is 4.96. The average Bonchev–Trinajstić information content (AvgIpc) is 3.05. The maximum absolute atomic E-state index is 13.9. The number of carboxylic acid groups (broad SMARTS) is 1. The molecule has 0 saturated carbocycles. The molecule has 0 spiro atoms. The Bertz CT molecular complexity index is 832. The van der Waals surface area contributed by atoms with Crippen molar-refractivity contribution in [2.75, 3.05) is 6.61 Å². The summed E-state index contributed by atoms with van der Waals surface area (Å²) in [5.74, 6) is -1.91. The van der Waals surface area contributed by atoms with Gasteiger partial charge in [0, 0.05) is 18.3 Å². The predicted molar refractivity (Wildman–Crippen MR) is 74.4 cm³/mol. The van der Waals surface area contributed by atoms with Crippen LogP contribution >= 0.6 is 0 Å². The number of rotatable bonds is 4. The van der Waals surface area contributed by atoms with Gasteiger partial charge in [0.05, 0.1) is 11.4 Å². The number of H-pyrrole nitrogens is 1. The molecule has 1 aliphatic rings. The van der Waals surface area contributed by atoms with E-state index in [4.69, 9.17) is 9.84 Å². The first-order chi connectivity index (χ1) is 10.4. The fourth-order valence-corrected chi connectivity index (χ4v) is 4.00. The van der Waals surface area contributed by atoms with Crippen LogP contribution in [0.15, 0.2) is 29.3 Å². The highest BCUT2D eigenvalue weighted by Gasteiger charge is 2.37. The standard InChI is InChI=1S/C13H13FN2O5S/c14-7-2-1-3-8-11(7)10(6-15-8)22(19,20)16-9-4-5-21-12(9)13(17)18/h1-3,6,9,12,15-16H,4-5H2,(H,17,18)/t9-,12+/m0/s1. The summed E-state index contributed by atoms with van der Waals surface area (Å²) in [6, 6.07) is 3.28. The summed E-state index contributed by atoms with van der Waals surface area (Å²) in [6.07, 6.45) is 0.174. The molecule has 9 heteroatoms. The number of halogens is 1. The summed E-state index contributed by atoms with van der Waals surface area (Å²) in [5.41, 5.74) is 0.345. The minimum absolute atomic E-state index is 0.0548. The minimum atomic E-state index is -4.08. The van der Waals surface area contributed by atoms with Crippen molar-refractivity contribution in [3.8, 4) is 0 Å². The number of hydrogen-bond acceptors (Lipinski definition) is 4. The van der Waals surface area contributed by atoms with Crippen molar-refractivity contribution in [3.05, 3.63) is 30.2 Å². The summed E-state index contributed by atoms with van der Waals surface area (Å²) in [6.45, 7) is 0.145.